The van der Waals surface area contributed by atoms with Crippen LogP contribution in [0.3, 0.4) is 0 Å². The fourth-order valence-corrected chi connectivity index (χ4v) is 1.10. The number of anilines is 1. The first-order valence-corrected chi connectivity index (χ1v) is 5.04. The lowest BCUT2D eigenvalue weighted by atomic mass is 10.3. The van der Waals surface area contributed by atoms with Crippen LogP contribution in [0.2, 0.25) is 0 Å². The van der Waals surface area contributed by atoms with Gasteiger partial charge in [0.05, 0.1) is 5.56 Å². The molecule has 1 rings (SSSR count). The molecule has 0 aliphatic heterocycles. The molecule has 0 aliphatic carbocycles. The molecule has 0 unspecified atom stereocenters. The second-order valence-corrected chi connectivity index (χ2v) is 3.02. The summed E-state index contributed by atoms with van der Waals surface area (Å²) in [4.78, 5) is 4.09. The van der Waals surface area contributed by atoms with E-state index in [2.05, 4.69) is 10.3 Å². The highest BCUT2D eigenvalue weighted by atomic mass is 16.5. The van der Waals surface area contributed by atoms with Gasteiger partial charge in [-0.1, -0.05) is 0 Å². The lowest BCUT2D eigenvalue weighted by Gasteiger charge is -2.04. The number of aromatic nitrogens is 1. The molecule has 0 bridgehead atoms. The molecule has 4 nitrogen and oxygen atoms in total. The van der Waals surface area contributed by atoms with E-state index in [0.717, 1.165) is 32.0 Å². The van der Waals surface area contributed by atoms with Crippen molar-refractivity contribution in [2.75, 3.05) is 25.1 Å². The van der Waals surface area contributed by atoms with E-state index in [4.69, 9.17) is 10.00 Å². The van der Waals surface area contributed by atoms with Crippen molar-refractivity contribution in [2.45, 2.75) is 13.3 Å². The summed E-state index contributed by atoms with van der Waals surface area (Å²) in [5.74, 6) is 0.797. The highest BCUT2D eigenvalue weighted by molar-refractivity contribution is 5.38. The molecule has 0 aliphatic rings. The third-order valence-corrected chi connectivity index (χ3v) is 1.87. The van der Waals surface area contributed by atoms with Crippen LogP contribution in [0, 0.1) is 11.3 Å². The van der Waals surface area contributed by atoms with E-state index in [0.29, 0.717) is 5.56 Å². The van der Waals surface area contributed by atoms with Crippen LogP contribution in [0.1, 0.15) is 18.9 Å². The van der Waals surface area contributed by atoms with Crippen molar-refractivity contribution in [3.8, 4) is 6.07 Å². The number of rotatable bonds is 6. The van der Waals surface area contributed by atoms with Crippen molar-refractivity contribution in [1.29, 1.82) is 5.26 Å². The van der Waals surface area contributed by atoms with E-state index in [1.807, 2.05) is 13.0 Å². The summed E-state index contributed by atoms with van der Waals surface area (Å²) < 4.78 is 5.20. The van der Waals surface area contributed by atoms with E-state index in [9.17, 15) is 0 Å². The Morgan fingerprint density at radius 3 is 3.00 bits per heavy atom. The van der Waals surface area contributed by atoms with Gasteiger partial charge in [0, 0.05) is 26.0 Å². The van der Waals surface area contributed by atoms with Gasteiger partial charge in [0.2, 0.25) is 0 Å². The van der Waals surface area contributed by atoms with Gasteiger partial charge in [-0.25, -0.2) is 4.98 Å². The van der Waals surface area contributed by atoms with Crippen LogP contribution in [0.5, 0.6) is 0 Å². The molecule has 0 saturated heterocycles. The number of hydrogen-bond acceptors (Lipinski definition) is 4. The van der Waals surface area contributed by atoms with Gasteiger partial charge in [0.1, 0.15) is 11.9 Å². The van der Waals surface area contributed by atoms with Crippen LogP contribution in [-0.4, -0.2) is 24.7 Å². The van der Waals surface area contributed by atoms with Gasteiger partial charge in [-0.2, -0.15) is 5.26 Å². The molecule has 1 N–H and O–H groups in total. The van der Waals surface area contributed by atoms with Crippen LogP contribution in [0.25, 0.3) is 0 Å². The van der Waals surface area contributed by atoms with E-state index in [1.54, 1.807) is 18.3 Å². The summed E-state index contributed by atoms with van der Waals surface area (Å²) in [7, 11) is 0. The number of nitrogens with zero attached hydrogens (tertiary/aromatic N) is 2. The van der Waals surface area contributed by atoms with Crippen LogP contribution >= 0.6 is 0 Å². The molecule has 0 aromatic carbocycles. The van der Waals surface area contributed by atoms with Crippen LogP contribution in [0.4, 0.5) is 5.82 Å². The van der Waals surface area contributed by atoms with Crippen molar-refractivity contribution in [1.82, 2.24) is 4.98 Å². The van der Waals surface area contributed by atoms with Crippen LogP contribution in [-0.2, 0) is 4.74 Å². The highest BCUT2D eigenvalue weighted by Gasteiger charge is 1.94. The predicted molar refractivity (Wildman–Crippen MR) is 58.6 cm³/mol. The molecule has 0 atom stereocenters. The second-order valence-electron chi connectivity index (χ2n) is 3.02. The Hall–Kier alpha value is -1.60. The summed E-state index contributed by atoms with van der Waals surface area (Å²) >= 11 is 0. The number of ether oxygens (including phenoxy) is 1. The Balaban J connectivity index is 2.23. The zero-order chi connectivity index (χ0) is 10.9. The first kappa shape index (κ1) is 11.5. The largest absolute Gasteiger partial charge is 0.382 e. The summed E-state index contributed by atoms with van der Waals surface area (Å²) in [5, 5.41) is 11.7. The van der Waals surface area contributed by atoms with E-state index in [1.165, 1.54) is 0 Å². The maximum Gasteiger partial charge on any atom is 0.125 e. The molecule has 0 radical (unpaired) electrons. The minimum Gasteiger partial charge on any atom is -0.382 e. The molecule has 0 saturated carbocycles. The summed E-state index contributed by atoms with van der Waals surface area (Å²) in [5.41, 5.74) is 0.579. The zero-order valence-electron chi connectivity index (χ0n) is 8.86. The molecule has 0 amide bonds. The fourth-order valence-electron chi connectivity index (χ4n) is 1.10. The second kappa shape index (κ2) is 6.80. The Kier molecular flexibility index (Phi) is 5.20. The van der Waals surface area contributed by atoms with Crippen molar-refractivity contribution < 1.29 is 4.74 Å². The van der Waals surface area contributed by atoms with Crippen molar-refractivity contribution >= 4 is 5.82 Å². The average Bonchev–Trinajstić information content (AvgIpc) is 2.30. The topological polar surface area (TPSA) is 57.9 Å². The van der Waals surface area contributed by atoms with Crippen molar-refractivity contribution in [2.24, 2.45) is 0 Å². The lowest BCUT2D eigenvalue weighted by molar-refractivity contribution is 0.147. The van der Waals surface area contributed by atoms with E-state index < -0.39 is 0 Å². The van der Waals surface area contributed by atoms with Crippen LogP contribution in [0.15, 0.2) is 18.3 Å². The SMILES string of the molecule is CCOCCCNc1ccc(C#N)cn1. The van der Waals surface area contributed by atoms with Gasteiger partial charge in [-0.15, -0.1) is 0 Å². The minimum absolute atomic E-state index is 0.579. The zero-order valence-corrected chi connectivity index (χ0v) is 8.86. The highest BCUT2D eigenvalue weighted by Crippen LogP contribution is 2.03. The predicted octanol–water partition coefficient (Wildman–Crippen LogP) is 1.79. The van der Waals surface area contributed by atoms with Gasteiger partial charge in [-0.05, 0) is 25.5 Å². The molecule has 1 heterocycles. The van der Waals surface area contributed by atoms with Gasteiger partial charge in [0.25, 0.3) is 0 Å². The van der Waals surface area contributed by atoms with Gasteiger partial charge in [-0.3, -0.25) is 0 Å². The minimum atomic E-state index is 0.579. The molecule has 80 valence electrons. The maximum absolute atomic E-state index is 8.57. The van der Waals surface area contributed by atoms with Gasteiger partial charge < -0.3 is 10.1 Å². The molecule has 0 fully saturated rings. The average molecular weight is 205 g/mol. The third kappa shape index (κ3) is 4.43. The summed E-state index contributed by atoms with van der Waals surface area (Å²) in [6.07, 6.45) is 2.51. The summed E-state index contributed by atoms with van der Waals surface area (Å²) in [6, 6.07) is 5.58. The monoisotopic (exact) mass is 205 g/mol. The smallest absolute Gasteiger partial charge is 0.125 e. The van der Waals surface area contributed by atoms with Gasteiger partial charge >= 0.3 is 0 Å². The third-order valence-electron chi connectivity index (χ3n) is 1.87. The number of hydrogen-bond donors (Lipinski definition) is 1. The fraction of sp³-hybridized carbons (Fsp3) is 0.455. The normalized spacial score (nSPS) is 9.60. The standard InChI is InChI=1S/C11H15N3O/c1-2-15-7-3-6-13-11-5-4-10(8-12)9-14-11/h4-5,9H,2-3,6-7H2,1H3,(H,13,14). The molecule has 0 spiro atoms. The number of pyridine rings is 1. The lowest BCUT2D eigenvalue weighted by Crippen LogP contribution is -2.06. The molecular weight excluding hydrogens is 190 g/mol. The Bertz CT molecular complexity index is 316. The van der Waals surface area contributed by atoms with Crippen molar-refractivity contribution in [3.63, 3.8) is 0 Å². The maximum atomic E-state index is 8.57. The van der Waals surface area contributed by atoms with E-state index in [-0.39, 0.29) is 0 Å². The summed E-state index contributed by atoms with van der Waals surface area (Å²) in [6.45, 7) is 4.34. The molecule has 4 heteroatoms. The first-order chi connectivity index (χ1) is 7.36. The molecule has 15 heavy (non-hydrogen) atoms. The Morgan fingerprint density at radius 2 is 2.40 bits per heavy atom. The van der Waals surface area contributed by atoms with Crippen molar-refractivity contribution in [3.05, 3.63) is 23.9 Å². The van der Waals surface area contributed by atoms with Crippen LogP contribution < -0.4 is 5.32 Å². The Morgan fingerprint density at radius 1 is 1.53 bits per heavy atom. The van der Waals surface area contributed by atoms with E-state index >= 15 is 0 Å². The quantitative estimate of drug-likeness (QED) is 0.719. The molecular formula is C11H15N3O. The number of nitrogens with one attached hydrogen (secondary N) is 1. The first-order valence-electron chi connectivity index (χ1n) is 5.04. The van der Waals surface area contributed by atoms with Gasteiger partial charge in [0.15, 0.2) is 0 Å². The molecule has 1 aromatic heterocycles. The molecule has 1 aromatic rings. The Labute approximate surface area is 89.9 Å². The number of nitriles is 1.